The third-order valence-electron chi connectivity index (χ3n) is 3.41. The highest BCUT2D eigenvalue weighted by Crippen LogP contribution is 2.18. The lowest BCUT2D eigenvalue weighted by Crippen LogP contribution is -2.40. The molecule has 3 rings (SSSR count). The van der Waals surface area contributed by atoms with Gasteiger partial charge in [-0.3, -0.25) is 0 Å². The van der Waals surface area contributed by atoms with Gasteiger partial charge in [0.25, 0.3) is 5.82 Å². The molecular weight excluding hydrogens is 160 g/mol. The quantitative estimate of drug-likeness (QED) is 0.530. The second-order valence-corrected chi connectivity index (χ2v) is 4.30. The molecule has 1 aromatic heterocycles. The molecule has 0 radical (unpaired) electrons. The molecule has 1 aromatic rings. The molecule has 2 aliphatic heterocycles. The van der Waals surface area contributed by atoms with Gasteiger partial charge in [0, 0.05) is 12.8 Å². The summed E-state index contributed by atoms with van der Waals surface area (Å²) in [5.41, 5.74) is 1.59. The number of nitrogens with zero attached hydrogens (tertiary/aromatic N) is 2. The minimum atomic E-state index is 1.26. The van der Waals surface area contributed by atoms with Crippen molar-refractivity contribution < 1.29 is 4.57 Å². The summed E-state index contributed by atoms with van der Waals surface area (Å²) in [6, 6.07) is 0. The van der Waals surface area contributed by atoms with Gasteiger partial charge in [-0.15, -0.1) is 0 Å². The van der Waals surface area contributed by atoms with E-state index < -0.39 is 0 Å². The van der Waals surface area contributed by atoms with Crippen molar-refractivity contribution >= 4 is 0 Å². The maximum absolute atomic E-state index is 2.57. The van der Waals surface area contributed by atoms with Gasteiger partial charge in [0.05, 0.1) is 13.1 Å². The summed E-state index contributed by atoms with van der Waals surface area (Å²) in [5.74, 6) is 1.60. The van der Waals surface area contributed by atoms with Crippen LogP contribution in [0.3, 0.4) is 0 Å². The fourth-order valence-corrected chi connectivity index (χ4v) is 2.73. The molecule has 0 aliphatic carbocycles. The summed E-state index contributed by atoms with van der Waals surface area (Å²) in [6.45, 7) is 2.53. The van der Waals surface area contributed by atoms with Gasteiger partial charge in [0.1, 0.15) is 11.9 Å². The van der Waals surface area contributed by atoms with Crippen molar-refractivity contribution in [3.05, 3.63) is 17.7 Å². The van der Waals surface area contributed by atoms with Crippen LogP contribution in [0.4, 0.5) is 0 Å². The Labute approximate surface area is 79.2 Å². The molecule has 0 bridgehead atoms. The van der Waals surface area contributed by atoms with Crippen molar-refractivity contribution in [1.29, 1.82) is 0 Å². The van der Waals surface area contributed by atoms with E-state index >= 15 is 0 Å². The van der Waals surface area contributed by atoms with Crippen LogP contribution in [0, 0.1) is 0 Å². The molecule has 3 heterocycles. The van der Waals surface area contributed by atoms with Gasteiger partial charge < -0.3 is 0 Å². The number of aromatic nitrogens is 2. The lowest BCUT2D eigenvalue weighted by molar-refractivity contribution is -0.709. The van der Waals surface area contributed by atoms with Gasteiger partial charge in [0.2, 0.25) is 0 Å². The number of aryl methyl sites for hydroxylation is 2. The minimum Gasteiger partial charge on any atom is -0.234 e. The Kier molecular flexibility index (Phi) is 1.67. The van der Waals surface area contributed by atoms with E-state index in [9.17, 15) is 0 Å². The minimum absolute atomic E-state index is 1.26. The van der Waals surface area contributed by atoms with Crippen molar-refractivity contribution in [2.75, 3.05) is 0 Å². The van der Waals surface area contributed by atoms with E-state index in [-0.39, 0.29) is 0 Å². The monoisotopic (exact) mass is 177 g/mol. The first kappa shape index (κ1) is 7.60. The van der Waals surface area contributed by atoms with Crippen LogP contribution in [0.2, 0.25) is 0 Å². The summed E-state index contributed by atoms with van der Waals surface area (Å²) in [6.07, 6.45) is 10.6. The molecule has 0 aromatic carbocycles. The van der Waals surface area contributed by atoms with Crippen molar-refractivity contribution in [1.82, 2.24) is 4.57 Å². The predicted molar refractivity (Wildman–Crippen MR) is 50.5 cm³/mol. The summed E-state index contributed by atoms with van der Waals surface area (Å²) < 4.78 is 5.06. The Hall–Kier alpha value is -0.790. The number of hydrogen-bond acceptors (Lipinski definition) is 0. The highest BCUT2D eigenvalue weighted by Gasteiger charge is 2.26. The van der Waals surface area contributed by atoms with E-state index in [0.717, 1.165) is 0 Å². The Morgan fingerprint density at radius 3 is 3.00 bits per heavy atom. The summed E-state index contributed by atoms with van der Waals surface area (Å²) in [7, 11) is 0. The van der Waals surface area contributed by atoms with Gasteiger partial charge in [-0.25, -0.2) is 9.13 Å². The highest BCUT2D eigenvalue weighted by atomic mass is 15.2. The molecule has 0 unspecified atom stereocenters. The van der Waals surface area contributed by atoms with Crippen LogP contribution >= 0.6 is 0 Å². The zero-order chi connectivity index (χ0) is 8.67. The molecule has 13 heavy (non-hydrogen) atoms. The van der Waals surface area contributed by atoms with Crippen molar-refractivity contribution in [3.8, 4) is 0 Å². The van der Waals surface area contributed by atoms with Crippen LogP contribution in [0.25, 0.3) is 0 Å². The molecule has 0 saturated carbocycles. The molecule has 0 amide bonds. The maximum atomic E-state index is 2.57. The zero-order valence-electron chi connectivity index (χ0n) is 8.13. The average Bonchev–Trinajstić information content (AvgIpc) is 2.56. The first-order valence-corrected chi connectivity index (χ1v) is 5.56. The Balaban J connectivity index is 2.09. The molecule has 2 nitrogen and oxygen atoms in total. The van der Waals surface area contributed by atoms with Crippen LogP contribution in [0.5, 0.6) is 0 Å². The smallest absolute Gasteiger partial charge is 0.234 e. The first-order chi connectivity index (χ1) is 6.45. The van der Waals surface area contributed by atoms with E-state index in [1.807, 2.05) is 0 Å². The number of hydrogen-bond donors (Lipinski definition) is 0. The van der Waals surface area contributed by atoms with E-state index in [2.05, 4.69) is 15.3 Å². The highest BCUT2D eigenvalue weighted by molar-refractivity contribution is 5.03. The van der Waals surface area contributed by atoms with E-state index in [1.54, 1.807) is 11.5 Å². The van der Waals surface area contributed by atoms with Gasteiger partial charge in [-0.05, 0) is 25.7 Å². The summed E-state index contributed by atoms with van der Waals surface area (Å²) >= 11 is 0. The maximum Gasteiger partial charge on any atom is 0.256 e. The van der Waals surface area contributed by atoms with Crippen LogP contribution < -0.4 is 4.57 Å². The summed E-state index contributed by atoms with van der Waals surface area (Å²) in [4.78, 5) is 0. The standard InChI is InChI=1S/C11H17N2/c1-4-8-13-10(5-1)9-12-7-3-2-6-11(12)13/h9H,1-8H2/q+1. The lowest BCUT2D eigenvalue weighted by atomic mass is 10.1. The van der Waals surface area contributed by atoms with E-state index in [4.69, 9.17) is 0 Å². The molecule has 0 N–H and O–H groups in total. The second-order valence-electron chi connectivity index (χ2n) is 4.30. The van der Waals surface area contributed by atoms with Crippen molar-refractivity contribution in [2.24, 2.45) is 0 Å². The molecule has 0 saturated heterocycles. The van der Waals surface area contributed by atoms with Crippen LogP contribution in [0.1, 0.15) is 37.2 Å². The number of rotatable bonds is 0. The largest absolute Gasteiger partial charge is 0.256 e. The Bertz CT molecular complexity index is 295. The molecule has 0 fully saturated rings. The SMILES string of the molecule is c1c2n(c3[n+]1CCCC3)CCCC2. The zero-order valence-corrected chi connectivity index (χ0v) is 8.13. The predicted octanol–water partition coefficient (Wildman–Crippen LogP) is 1.45. The first-order valence-electron chi connectivity index (χ1n) is 5.56. The van der Waals surface area contributed by atoms with Gasteiger partial charge in [0.15, 0.2) is 0 Å². The fraction of sp³-hybridized carbons (Fsp3) is 0.727. The number of imidazole rings is 1. The van der Waals surface area contributed by atoms with Crippen LogP contribution in [-0.4, -0.2) is 4.57 Å². The normalized spacial score (nSPS) is 20.9. The topological polar surface area (TPSA) is 8.81 Å². The third kappa shape index (κ3) is 1.11. The van der Waals surface area contributed by atoms with E-state index in [0.29, 0.717) is 0 Å². The molecule has 2 aliphatic rings. The molecular formula is C11H17N2+. The van der Waals surface area contributed by atoms with Crippen molar-refractivity contribution in [2.45, 2.75) is 51.6 Å². The molecule has 70 valence electrons. The molecule has 0 spiro atoms. The van der Waals surface area contributed by atoms with Crippen LogP contribution in [-0.2, 0) is 25.9 Å². The fourth-order valence-electron chi connectivity index (χ4n) is 2.73. The van der Waals surface area contributed by atoms with E-state index in [1.165, 1.54) is 51.6 Å². The van der Waals surface area contributed by atoms with Crippen molar-refractivity contribution in [3.63, 3.8) is 0 Å². The van der Waals surface area contributed by atoms with Gasteiger partial charge >= 0.3 is 0 Å². The summed E-state index contributed by atoms with van der Waals surface area (Å²) in [5, 5.41) is 0. The van der Waals surface area contributed by atoms with Gasteiger partial charge in [-0.2, -0.15) is 0 Å². The molecule has 0 atom stereocenters. The second kappa shape index (κ2) is 2.86. The average molecular weight is 177 g/mol. The Morgan fingerprint density at radius 1 is 1.08 bits per heavy atom. The van der Waals surface area contributed by atoms with Crippen LogP contribution in [0.15, 0.2) is 6.20 Å². The Morgan fingerprint density at radius 2 is 2.00 bits per heavy atom. The lowest BCUT2D eigenvalue weighted by Gasteiger charge is -2.12. The third-order valence-corrected chi connectivity index (χ3v) is 3.41. The van der Waals surface area contributed by atoms with Gasteiger partial charge in [-0.1, -0.05) is 0 Å². The number of fused-ring (bicyclic) bond motifs is 3. The molecule has 2 heteroatoms.